The quantitative estimate of drug-likeness (QED) is 0.385. The van der Waals surface area contributed by atoms with Crippen molar-refractivity contribution in [1.82, 2.24) is 29.6 Å². The number of sulfonamides is 1. The minimum Gasteiger partial charge on any atom is -0.324 e. The van der Waals surface area contributed by atoms with Crippen molar-refractivity contribution in [3.63, 3.8) is 0 Å². The molecular weight excluding hydrogens is 504 g/mol. The smallest absolute Gasteiger partial charge is 0.278 e. The lowest BCUT2D eigenvalue weighted by Gasteiger charge is -2.34. The maximum absolute atomic E-state index is 13.3. The average molecular weight is 537 g/mol. The summed E-state index contributed by atoms with van der Waals surface area (Å²) >= 11 is 0. The van der Waals surface area contributed by atoms with Gasteiger partial charge in [0.25, 0.3) is 5.56 Å². The van der Waals surface area contributed by atoms with Crippen LogP contribution in [0.25, 0.3) is 16.9 Å². The second-order valence-electron chi connectivity index (χ2n) is 10.4. The zero-order valence-corrected chi connectivity index (χ0v) is 23.2. The van der Waals surface area contributed by atoms with Crippen molar-refractivity contribution in [2.45, 2.75) is 45.7 Å². The van der Waals surface area contributed by atoms with Crippen LogP contribution in [0.4, 0.5) is 17.5 Å². The topological polar surface area (TPSA) is 127 Å². The summed E-state index contributed by atoms with van der Waals surface area (Å²) < 4.78 is 28.5. The third-order valence-corrected chi connectivity index (χ3v) is 8.05. The summed E-state index contributed by atoms with van der Waals surface area (Å²) in [5.74, 6) is 0.935. The molecule has 1 aromatic carbocycles. The molecular formula is C26H32N8O3S. The van der Waals surface area contributed by atoms with Crippen molar-refractivity contribution in [2.24, 2.45) is 0 Å². The molecule has 0 atom stereocenters. The van der Waals surface area contributed by atoms with Gasteiger partial charge in [-0.2, -0.15) is 4.98 Å². The SMILES string of the molecule is CC(C)n1c(=O)c2cnc(Nc3ccc4c(c3)CCNC4(C)C)nc2n1-c1cccc(N(C)S(C)(=O)=O)n1. The van der Waals surface area contributed by atoms with Gasteiger partial charge < -0.3 is 10.6 Å². The van der Waals surface area contributed by atoms with Crippen LogP contribution in [0.3, 0.4) is 0 Å². The van der Waals surface area contributed by atoms with Crippen LogP contribution in [0.1, 0.15) is 44.9 Å². The largest absolute Gasteiger partial charge is 0.324 e. The molecule has 12 heteroatoms. The molecule has 0 saturated heterocycles. The van der Waals surface area contributed by atoms with Gasteiger partial charge in [0.1, 0.15) is 11.2 Å². The van der Waals surface area contributed by atoms with E-state index in [-0.39, 0.29) is 23.0 Å². The molecule has 1 aliphatic rings. The Morgan fingerprint density at radius 3 is 2.63 bits per heavy atom. The molecule has 5 rings (SSSR count). The molecule has 0 fully saturated rings. The number of pyridine rings is 1. The summed E-state index contributed by atoms with van der Waals surface area (Å²) in [5, 5.41) is 7.16. The van der Waals surface area contributed by atoms with Crippen LogP contribution < -0.4 is 20.5 Å². The first kappa shape index (κ1) is 25.9. The lowest BCUT2D eigenvalue weighted by molar-refractivity contribution is 0.382. The fraction of sp³-hybridized carbons (Fsp3) is 0.385. The third-order valence-electron chi connectivity index (χ3n) is 6.87. The highest BCUT2D eigenvalue weighted by atomic mass is 32.2. The fourth-order valence-corrected chi connectivity index (χ4v) is 5.28. The number of benzene rings is 1. The normalized spacial score (nSPS) is 15.0. The Morgan fingerprint density at radius 1 is 1.16 bits per heavy atom. The summed E-state index contributed by atoms with van der Waals surface area (Å²) in [5.41, 5.74) is 3.40. The first-order valence-electron chi connectivity index (χ1n) is 12.4. The number of rotatable bonds is 6. The Morgan fingerprint density at radius 2 is 1.92 bits per heavy atom. The monoisotopic (exact) mass is 536 g/mol. The molecule has 2 N–H and O–H groups in total. The maximum Gasteiger partial charge on any atom is 0.278 e. The van der Waals surface area contributed by atoms with Crippen molar-refractivity contribution in [3.05, 3.63) is 64.1 Å². The minimum absolute atomic E-state index is 0.0932. The summed E-state index contributed by atoms with van der Waals surface area (Å²) in [6.45, 7) is 9.02. The van der Waals surface area contributed by atoms with Gasteiger partial charge in [-0.25, -0.2) is 27.7 Å². The minimum atomic E-state index is -3.52. The van der Waals surface area contributed by atoms with Gasteiger partial charge in [-0.15, -0.1) is 0 Å². The third kappa shape index (κ3) is 4.54. The highest BCUT2D eigenvalue weighted by molar-refractivity contribution is 7.92. The van der Waals surface area contributed by atoms with E-state index in [0.717, 1.165) is 29.2 Å². The van der Waals surface area contributed by atoms with E-state index in [1.165, 1.54) is 24.4 Å². The lowest BCUT2D eigenvalue weighted by atomic mass is 9.85. The van der Waals surface area contributed by atoms with Crippen molar-refractivity contribution in [3.8, 4) is 5.82 Å². The second kappa shape index (κ2) is 9.21. The predicted octanol–water partition coefficient (Wildman–Crippen LogP) is 3.08. The molecule has 0 radical (unpaired) electrons. The number of hydrogen-bond acceptors (Lipinski definition) is 8. The van der Waals surface area contributed by atoms with Crippen molar-refractivity contribution in [1.29, 1.82) is 0 Å². The standard InChI is InChI=1S/C26H32N8O3S/c1-16(2)33-24(35)19-15-27-25(29-18-10-11-20-17(14-18)12-13-28-26(20,3)4)31-23(19)34(33)22-9-7-8-21(30-22)32(5)38(6,36)37/h7-11,14-16,28H,12-13H2,1-6H3,(H,27,29,31). The van der Waals surface area contributed by atoms with Crippen LogP contribution in [-0.2, 0) is 22.0 Å². The Labute approximate surface area is 221 Å². The zero-order valence-electron chi connectivity index (χ0n) is 22.3. The summed E-state index contributed by atoms with van der Waals surface area (Å²) in [6.07, 6.45) is 3.55. The Balaban J connectivity index is 1.61. The fourth-order valence-electron chi connectivity index (χ4n) is 4.84. The van der Waals surface area contributed by atoms with Crippen LogP contribution in [0, 0.1) is 0 Å². The van der Waals surface area contributed by atoms with Crippen LogP contribution in [-0.4, -0.2) is 52.6 Å². The highest BCUT2D eigenvalue weighted by Gasteiger charge is 2.27. The average Bonchev–Trinajstić information content (AvgIpc) is 3.14. The molecule has 11 nitrogen and oxygen atoms in total. The Hall–Kier alpha value is -3.77. The predicted molar refractivity (Wildman–Crippen MR) is 149 cm³/mol. The van der Waals surface area contributed by atoms with E-state index in [1.54, 1.807) is 27.6 Å². The number of fused-ring (bicyclic) bond motifs is 2. The van der Waals surface area contributed by atoms with Crippen molar-refractivity contribution >= 4 is 38.5 Å². The number of nitrogens with one attached hydrogen (secondary N) is 2. The number of anilines is 3. The molecule has 0 saturated carbocycles. The number of hydrogen-bond donors (Lipinski definition) is 2. The first-order chi connectivity index (χ1) is 17.9. The maximum atomic E-state index is 13.3. The molecule has 0 aliphatic carbocycles. The van der Waals surface area contributed by atoms with E-state index in [1.807, 2.05) is 19.9 Å². The van der Waals surface area contributed by atoms with Gasteiger partial charge in [-0.3, -0.25) is 9.10 Å². The zero-order chi connectivity index (χ0) is 27.4. The van der Waals surface area contributed by atoms with E-state index in [0.29, 0.717) is 22.8 Å². The molecule has 3 aromatic heterocycles. The second-order valence-corrected chi connectivity index (χ2v) is 12.4. The summed E-state index contributed by atoms with van der Waals surface area (Å²) in [4.78, 5) is 27.0. The van der Waals surface area contributed by atoms with Crippen molar-refractivity contribution < 1.29 is 8.42 Å². The molecule has 4 heterocycles. The van der Waals surface area contributed by atoms with Gasteiger partial charge in [-0.05, 0) is 76.1 Å². The van der Waals surface area contributed by atoms with Crippen LogP contribution in [0.2, 0.25) is 0 Å². The highest BCUT2D eigenvalue weighted by Crippen LogP contribution is 2.31. The molecule has 0 amide bonds. The van der Waals surface area contributed by atoms with Gasteiger partial charge in [0.2, 0.25) is 16.0 Å². The molecule has 1 aliphatic heterocycles. The van der Waals surface area contributed by atoms with Crippen molar-refractivity contribution in [2.75, 3.05) is 29.5 Å². The van der Waals surface area contributed by atoms with E-state index in [9.17, 15) is 13.2 Å². The summed E-state index contributed by atoms with van der Waals surface area (Å²) in [6, 6.07) is 11.0. The summed E-state index contributed by atoms with van der Waals surface area (Å²) in [7, 11) is -2.09. The van der Waals surface area contributed by atoms with E-state index >= 15 is 0 Å². The molecule has 0 bridgehead atoms. The van der Waals surface area contributed by atoms with Crippen LogP contribution in [0.5, 0.6) is 0 Å². The van der Waals surface area contributed by atoms with E-state index in [2.05, 4.69) is 46.6 Å². The number of aromatic nitrogens is 5. The molecule has 200 valence electrons. The molecule has 0 unspecified atom stereocenters. The van der Waals surface area contributed by atoms with Crippen LogP contribution >= 0.6 is 0 Å². The van der Waals surface area contributed by atoms with Gasteiger partial charge in [0, 0.05) is 30.5 Å². The lowest BCUT2D eigenvalue weighted by Crippen LogP contribution is -2.42. The van der Waals surface area contributed by atoms with Gasteiger partial charge in [0.15, 0.2) is 11.5 Å². The molecule has 0 spiro atoms. The Kier molecular flexibility index (Phi) is 6.27. The van der Waals surface area contributed by atoms with Gasteiger partial charge in [-0.1, -0.05) is 12.1 Å². The number of nitrogens with zero attached hydrogens (tertiary/aromatic N) is 6. The van der Waals surface area contributed by atoms with E-state index in [4.69, 9.17) is 4.98 Å². The first-order valence-corrected chi connectivity index (χ1v) is 14.3. The van der Waals surface area contributed by atoms with Crippen LogP contribution in [0.15, 0.2) is 47.4 Å². The van der Waals surface area contributed by atoms with Gasteiger partial charge in [0.05, 0.1) is 6.26 Å². The van der Waals surface area contributed by atoms with Gasteiger partial charge >= 0.3 is 0 Å². The Bertz CT molecular complexity index is 1710. The molecule has 4 aromatic rings. The van der Waals surface area contributed by atoms with E-state index < -0.39 is 10.0 Å². The molecule has 38 heavy (non-hydrogen) atoms.